The second kappa shape index (κ2) is 2.99. The molecule has 0 rings (SSSR count). The molecule has 0 aliphatic rings. The molecule has 0 aromatic carbocycles. The van der Waals surface area contributed by atoms with Gasteiger partial charge in [0.15, 0.2) is 0 Å². The van der Waals surface area contributed by atoms with Crippen molar-refractivity contribution >= 4 is 0 Å². The Morgan fingerprint density at radius 3 is 2.00 bits per heavy atom. The van der Waals surface area contributed by atoms with Gasteiger partial charge in [0.2, 0.25) is 0 Å². The first-order valence-electron chi connectivity index (χ1n) is 2.95. The number of hydrogen-bond donors (Lipinski definition) is 1. The van der Waals surface area contributed by atoms with Crippen molar-refractivity contribution in [1.82, 2.24) is 0 Å². The van der Waals surface area contributed by atoms with Crippen LogP contribution in [-0.2, 0) is 4.89 Å². The molecule has 0 aromatic heterocycles. The lowest BCUT2D eigenvalue weighted by atomic mass is 9.89. The topological polar surface area (TPSA) is 29.5 Å². The third-order valence-corrected chi connectivity index (χ3v) is 1.18. The van der Waals surface area contributed by atoms with Gasteiger partial charge in [0.1, 0.15) is 6.10 Å². The van der Waals surface area contributed by atoms with Crippen molar-refractivity contribution in [2.24, 2.45) is 5.41 Å². The number of rotatable bonds is 2. The Labute approximate surface area is 56.1 Å². The van der Waals surface area contributed by atoms with Crippen LogP contribution < -0.4 is 0 Å². The van der Waals surface area contributed by atoms with Crippen molar-refractivity contribution in [2.75, 3.05) is 0 Å². The van der Waals surface area contributed by atoms with Gasteiger partial charge in [-0.1, -0.05) is 26.8 Å². The van der Waals surface area contributed by atoms with Gasteiger partial charge in [-0.05, 0) is 5.41 Å². The summed E-state index contributed by atoms with van der Waals surface area (Å²) in [7, 11) is 0. The zero-order chi connectivity index (χ0) is 7.49. The van der Waals surface area contributed by atoms with E-state index in [9.17, 15) is 0 Å². The van der Waals surface area contributed by atoms with Gasteiger partial charge < -0.3 is 0 Å². The molecule has 0 aromatic rings. The average molecular weight is 130 g/mol. The van der Waals surface area contributed by atoms with Crippen molar-refractivity contribution in [2.45, 2.75) is 26.9 Å². The van der Waals surface area contributed by atoms with Crippen molar-refractivity contribution in [1.29, 1.82) is 0 Å². The summed E-state index contributed by atoms with van der Waals surface area (Å²) >= 11 is 0. The van der Waals surface area contributed by atoms with E-state index in [1.807, 2.05) is 20.8 Å². The first-order chi connectivity index (χ1) is 4.02. The Kier molecular flexibility index (Phi) is 2.88. The molecule has 0 aliphatic carbocycles. The van der Waals surface area contributed by atoms with Gasteiger partial charge in [-0.15, -0.1) is 6.58 Å². The molecular formula is C7H14O2. The molecule has 0 fully saturated rings. The van der Waals surface area contributed by atoms with Crippen LogP contribution in [0.3, 0.4) is 0 Å². The minimum absolute atomic E-state index is 0.0729. The highest BCUT2D eigenvalue weighted by Crippen LogP contribution is 2.21. The van der Waals surface area contributed by atoms with Gasteiger partial charge in [0.25, 0.3) is 0 Å². The van der Waals surface area contributed by atoms with Crippen LogP contribution in [-0.4, -0.2) is 11.4 Å². The van der Waals surface area contributed by atoms with Crippen LogP contribution in [0.1, 0.15) is 20.8 Å². The highest BCUT2D eigenvalue weighted by Gasteiger charge is 2.22. The van der Waals surface area contributed by atoms with Crippen LogP contribution in [0.4, 0.5) is 0 Å². The van der Waals surface area contributed by atoms with Crippen molar-refractivity contribution in [3.63, 3.8) is 0 Å². The van der Waals surface area contributed by atoms with Crippen LogP contribution in [0.5, 0.6) is 0 Å². The fourth-order valence-electron chi connectivity index (χ4n) is 0.555. The standard InChI is InChI=1S/C7H14O2/c1-5-6(9-8)7(2,3)4/h5-6,8H,1H2,2-4H3. The molecule has 0 amide bonds. The Morgan fingerprint density at radius 1 is 1.56 bits per heavy atom. The van der Waals surface area contributed by atoms with Gasteiger partial charge >= 0.3 is 0 Å². The third kappa shape index (κ3) is 2.63. The lowest BCUT2D eigenvalue weighted by molar-refractivity contribution is -0.285. The van der Waals surface area contributed by atoms with Crippen LogP contribution in [0, 0.1) is 5.41 Å². The van der Waals surface area contributed by atoms with Gasteiger partial charge in [0, 0.05) is 0 Å². The summed E-state index contributed by atoms with van der Waals surface area (Å²) in [5, 5.41) is 8.29. The zero-order valence-electron chi connectivity index (χ0n) is 6.22. The predicted octanol–water partition coefficient (Wildman–Crippen LogP) is 2.08. The zero-order valence-corrected chi connectivity index (χ0v) is 6.22. The maximum atomic E-state index is 8.29. The second-order valence-corrected chi connectivity index (χ2v) is 3.13. The largest absolute Gasteiger partial charge is 0.251 e. The SMILES string of the molecule is C=CC(OO)C(C)(C)C. The maximum absolute atomic E-state index is 8.29. The van der Waals surface area contributed by atoms with E-state index in [-0.39, 0.29) is 11.5 Å². The van der Waals surface area contributed by atoms with E-state index in [0.717, 1.165) is 0 Å². The minimum Gasteiger partial charge on any atom is -0.251 e. The molecule has 0 heterocycles. The van der Waals surface area contributed by atoms with Crippen LogP contribution in [0.25, 0.3) is 0 Å². The van der Waals surface area contributed by atoms with Gasteiger partial charge in [-0.2, -0.15) is 0 Å². The summed E-state index contributed by atoms with van der Waals surface area (Å²) in [5.41, 5.74) is -0.0729. The van der Waals surface area contributed by atoms with E-state index in [1.165, 1.54) is 0 Å². The molecule has 1 N–H and O–H groups in total. The van der Waals surface area contributed by atoms with E-state index in [4.69, 9.17) is 5.26 Å². The van der Waals surface area contributed by atoms with Gasteiger partial charge in [0.05, 0.1) is 0 Å². The van der Waals surface area contributed by atoms with Crippen molar-refractivity contribution in [3.05, 3.63) is 12.7 Å². The Hall–Kier alpha value is -0.340. The highest BCUT2D eigenvalue weighted by molar-refractivity contribution is 4.88. The first kappa shape index (κ1) is 8.66. The van der Waals surface area contributed by atoms with E-state index in [2.05, 4.69) is 11.5 Å². The Morgan fingerprint density at radius 2 is 2.00 bits per heavy atom. The molecule has 2 nitrogen and oxygen atoms in total. The fourth-order valence-corrected chi connectivity index (χ4v) is 0.555. The molecule has 0 bridgehead atoms. The average Bonchev–Trinajstić information content (AvgIpc) is 1.65. The summed E-state index contributed by atoms with van der Waals surface area (Å²) in [6, 6.07) is 0. The predicted molar refractivity (Wildman–Crippen MR) is 37.2 cm³/mol. The molecule has 0 saturated carbocycles. The molecule has 0 saturated heterocycles. The molecule has 2 heteroatoms. The summed E-state index contributed by atoms with van der Waals surface area (Å²) in [4.78, 5) is 4.15. The Bertz CT molecular complexity index is 91.6. The highest BCUT2D eigenvalue weighted by atomic mass is 17.1. The summed E-state index contributed by atoms with van der Waals surface area (Å²) in [5.74, 6) is 0. The fraction of sp³-hybridized carbons (Fsp3) is 0.714. The third-order valence-electron chi connectivity index (χ3n) is 1.18. The lowest BCUT2D eigenvalue weighted by Gasteiger charge is -2.23. The molecule has 54 valence electrons. The molecule has 1 atom stereocenters. The summed E-state index contributed by atoms with van der Waals surface area (Å²) in [6.07, 6.45) is 1.30. The molecule has 9 heavy (non-hydrogen) atoms. The quantitative estimate of drug-likeness (QED) is 0.352. The maximum Gasteiger partial charge on any atom is 0.115 e. The monoisotopic (exact) mass is 130 g/mol. The molecular weight excluding hydrogens is 116 g/mol. The second-order valence-electron chi connectivity index (χ2n) is 3.13. The van der Waals surface area contributed by atoms with Gasteiger partial charge in [-0.25, -0.2) is 4.89 Å². The van der Waals surface area contributed by atoms with Crippen LogP contribution in [0.15, 0.2) is 12.7 Å². The Balaban J connectivity index is 3.94. The van der Waals surface area contributed by atoms with E-state index >= 15 is 0 Å². The van der Waals surface area contributed by atoms with Crippen molar-refractivity contribution in [3.8, 4) is 0 Å². The normalized spacial score (nSPS) is 15.1. The smallest absolute Gasteiger partial charge is 0.115 e. The summed E-state index contributed by atoms with van der Waals surface area (Å²) < 4.78 is 0. The summed E-state index contributed by atoms with van der Waals surface area (Å²) in [6.45, 7) is 9.42. The van der Waals surface area contributed by atoms with Crippen molar-refractivity contribution < 1.29 is 10.1 Å². The first-order valence-corrected chi connectivity index (χ1v) is 2.95. The molecule has 0 radical (unpaired) electrons. The van der Waals surface area contributed by atoms with E-state index < -0.39 is 0 Å². The lowest BCUT2D eigenvalue weighted by Crippen LogP contribution is -2.25. The minimum atomic E-state index is -0.280. The molecule has 0 spiro atoms. The van der Waals surface area contributed by atoms with E-state index in [1.54, 1.807) is 6.08 Å². The van der Waals surface area contributed by atoms with Crippen LogP contribution in [0.2, 0.25) is 0 Å². The van der Waals surface area contributed by atoms with Gasteiger partial charge in [-0.3, -0.25) is 5.26 Å². The molecule has 1 unspecified atom stereocenters. The van der Waals surface area contributed by atoms with E-state index in [0.29, 0.717) is 0 Å². The van der Waals surface area contributed by atoms with Crippen LogP contribution >= 0.6 is 0 Å². The molecule has 0 aliphatic heterocycles. The number of hydrogen-bond acceptors (Lipinski definition) is 2.